The molecule has 1 saturated heterocycles. The lowest BCUT2D eigenvalue weighted by atomic mass is 10.1. The second-order valence-corrected chi connectivity index (χ2v) is 5.82. The van der Waals surface area contributed by atoms with E-state index >= 15 is 0 Å². The zero-order valence-electron chi connectivity index (χ0n) is 11.8. The number of pyridine rings is 1. The third-order valence-corrected chi connectivity index (χ3v) is 3.80. The van der Waals surface area contributed by atoms with Gasteiger partial charge < -0.3 is 15.0 Å². The molecule has 2 fully saturated rings. The maximum Gasteiger partial charge on any atom is 0.0726 e. The van der Waals surface area contributed by atoms with Gasteiger partial charge in [-0.3, -0.25) is 4.98 Å². The number of hydrogen-bond donors (Lipinski definition) is 1. The van der Waals surface area contributed by atoms with Gasteiger partial charge in [0.25, 0.3) is 0 Å². The molecule has 2 aliphatic rings. The van der Waals surface area contributed by atoms with Gasteiger partial charge in [-0.05, 0) is 32.8 Å². The van der Waals surface area contributed by atoms with Gasteiger partial charge in [-0.25, -0.2) is 0 Å². The smallest absolute Gasteiger partial charge is 0.0726 e. The van der Waals surface area contributed by atoms with Gasteiger partial charge in [-0.15, -0.1) is 0 Å². The SMILES string of the molecule is CC1CN(c2ccncc2CNC2CC2)CC(C)O1. The Bertz CT molecular complexity index is 423. The van der Waals surface area contributed by atoms with E-state index in [9.17, 15) is 0 Å². The van der Waals surface area contributed by atoms with Gasteiger partial charge in [-0.1, -0.05) is 0 Å². The maximum absolute atomic E-state index is 5.81. The lowest BCUT2D eigenvalue weighted by Gasteiger charge is -2.37. The van der Waals surface area contributed by atoms with Crippen molar-refractivity contribution in [1.82, 2.24) is 10.3 Å². The minimum Gasteiger partial charge on any atom is -0.372 e. The number of morpholine rings is 1. The maximum atomic E-state index is 5.81. The number of hydrogen-bond acceptors (Lipinski definition) is 4. The Morgan fingerprint density at radius 3 is 2.74 bits per heavy atom. The highest BCUT2D eigenvalue weighted by Gasteiger charge is 2.25. The summed E-state index contributed by atoms with van der Waals surface area (Å²) < 4.78 is 5.81. The van der Waals surface area contributed by atoms with E-state index in [1.807, 2.05) is 12.4 Å². The minimum atomic E-state index is 0.293. The van der Waals surface area contributed by atoms with Gasteiger partial charge in [0.1, 0.15) is 0 Å². The molecule has 0 spiro atoms. The summed E-state index contributed by atoms with van der Waals surface area (Å²) in [5.41, 5.74) is 2.61. The normalized spacial score (nSPS) is 27.6. The third kappa shape index (κ3) is 3.25. The molecule has 19 heavy (non-hydrogen) atoms. The van der Waals surface area contributed by atoms with Crippen LogP contribution in [0.15, 0.2) is 18.5 Å². The molecular weight excluding hydrogens is 238 g/mol. The highest BCUT2D eigenvalue weighted by molar-refractivity contribution is 5.52. The molecule has 0 radical (unpaired) electrons. The summed E-state index contributed by atoms with van der Waals surface area (Å²) in [7, 11) is 0. The fourth-order valence-corrected chi connectivity index (χ4v) is 2.78. The van der Waals surface area contributed by atoms with E-state index in [0.717, 1.165) is 25.7 Å². The average molecular weight is 261 g/mol. The predicted octanol–water partition coefficient (Wildman–Crippen LogP) is 1.95. The van der Waals surface area contributed by atoms with Crippen molar-refractivity contribution >= 4 is 5.69 Å². The van der Waals surface area contributed by atoms with Crippen molar-refractivity contribution in [2.24, 2.45) is 0 Å². The van der Waals surface area contributed by atoms with E-state index in [1.165, 1.54) is 24.1 Å². The van der Waals surface area contributed by atoms with Crippen molar-refractivity contribution in [3.8, 4) is 0 Å². The first-order valence-electron chi connectivity index (χ1n) is 7.29. The summed E-state index contributed by atoms with van der Waals surface area (Å²) >= 11 is 0. The second kappa shape index (κ2) is 5.47. The molecule has 1 aromatic heterocycles. The molecule has 2 heterocycles. The monoisotopic (exact) mass is 261 g/mol. The number of aromatic nitrogens is 1. The lowest BCUT2D eigenvalue weighted by Crippen LogP contribution is -2.46. The second-order valence-electron chi connectivity index (χ2n) is 5.82. The van der Waals surface area contributed by atoms with E-state index in [2.05, 4.69) is 35.1 Å². The van der Waals surface area contributed by atoms with Crippen LogP contribution in [-0.4, -0.2) is 36.3 Å². The van der Waals surface area contributed by atoms with E-state index in [0.29, 0.717) is 12.2 Å². The number of nitrogens with one attached hydrogen (secondary N) is 1. The van der Waals surface area contributed by atoms with Crippen LogP contribution in [-0.2, 0) is 11.3 Å². The van der Waals surface area contributed by atoms with Crippen molar-refractivity contribution in [1.29, 1.82) is 0 Å². The quantitative estimate of drug-likeness (QED) is 0.899. The van der Waals surface area contributed by atoms with Gasteiger partial charge >= 0.3 is 0 Å². The molecule has 4 heteroatoms. The van der Waals surface area contributed by atoms with Gasteiger partial charge in [-0.2, -0.15) is 0 Å². The van der Waals surface area contributed by atoms with Crippen molar-refractivity contribution in [3.63, 3.8) is 0 Å². The zero-order chi connectivity index (χ0) is 13.2. The van der Waals surface area contributed by atoms with Gasteiger partial charge in [0.15, 0.2) is 0 Å². The highest BCUT2D eigenvalue weighted by Crippen LogP contribution is 2.25. The molecule has 0 amide bonds. The number of anilines is 1. The molecular formula is C15H23N3O. The van der Waals surface area contributed by atoms with Crippen molar-refractivity contribution in [3.05, 3.63) is 24.0 Å². The summed E-state index contributed by atoms with van der Waals surface area (Å²) in [4.78, 5) is 6.71. The Kier molecular flexibility index (Phi) is 3.71. The van der Waals surface area contributed by atoms with Crippen LogP contribution in [0.1, 0.15) is 32.3 Å². The molecule has 4 nitrogen and oxygen atoms in total. The summed E-state index contributed by atoms with van der Waals surface area (Å²) in [6, 6.07) is 2.87. The van der Waals surface area contributed by atoms with Crippen LogP contribution in [0.2, 0.25) is 0 Å². The molecule has 2 unspecified atom stereocenters. The molecule has 1 N–H and O–H groups in total. The summed E-state index contributed by atoms with van der Waals surface area (Å²) in [6.45, 7) is 7.14. The zero-order valence-corrected chi connectivity index (χ0v) is 11.8. The Hall–Kier alpha value is -1.13. The first-order chi connectivity index (χ1) is 9.22. The minimum absolute atomic E-state index is 0.293. The van der Waals surface area contributed by atoms with Crippen LogP contribution in [0.4, 0.5) is 5.69 Å². The molecule has 1 aliphatic carbocycles. The largest absolute Gasteiger partial charge is 0.372 e. The van der Waals surface area contributed by atoms with Crippen molar-refractivity contribution < 1.29 is 4.74 Å². The van der Waals surface area contributed by atoms with Crippen LogP contribution in [0, 0.1) is 0 Å². The molecule has 2 atom stereocenters. The number of rotatable bonds is 4. The standard InChI is InChI=1S/C15H23N3O/c1-11-9-18(10-12(2)19-11)15-5-6-16-7-13(15)8-17-14-3-4-14/h5-7,11-12,14,17H,3-4,8-10H2,1-2H3. The topological polar surface area (TPSA) is 37.4 Å². The third-order valence-electron chi connectivity index (χ3n) is 3.80. The van der Waals surface area contributed by atoms with E-state index in [4.69, 9.17) is 4.74 Å². The first-order valence-corrected chi connectivity index (χ1v) is 7.29. The van der Waals surface area contributed by atoms with E-state index < -0.39 is 0 Å². The van der Waals surface area contributed by atoms with Crippen LogP contribution in [0.5, 0.6) is 0 Å². The lowest BCUT2D eigenvalue weighted by molar-refractivity contribution is -0.00527. The molecule has 0 bridgehead atoms. The first kappa shape index (κ1) is 12.9. The molecule has 104 valence electrons. The molecule has 3 rings (SSSR count). The van der Waals surface area contributed by atoms with Gasteiger partial charge in [0.2, 0.25) is 0 Å². The van der Waals surface area contributed by atoms with Gasteiger partial charge in [0.05, 0.1) is 12.2 Å². The Morgan fingerprint density at radius 2 is 2.05 bits per heavy atom. The fraction of sp³-hybridized carbons (Fsp3) is 0.667. The summed E-state index contributed by atoms with van der Waals surface area (Å²) in [5, 5.41) is 3.58. The fourth-order valence-electron chi connectivity index (χ4n) is 2.78. The Labute approximate surface area is 115 Å². The van der Waals surface area contributed by atoms with Crippen molar-refractivity contribution in [2.45, 2.75) is 51.5 Å². The van der Waals surface area contributed by atoms with Crippen LogP contribution < -0.4 is 10.2 Å². The van der Waals surface area contributed by atoms with Gasteiger partial charge in [0, 0.05) is 49.3 Å². The number of ether oxygens (including phenoxy) is 1. The Balaban J connectivity index is 1.74. The van der Waals surface area contributed by atoms with Crippen molar-refractivity contribution in [2.75, 3.05) is 18.0 Å². The van der Waals surface area contributed by atoms with Crippen LogP contribution in [0.25, 0.3) is 0 Å². The number of nitrogens with zero attached hydrogens (tertiary/aromatic N) is 2. The molecule has 1 aromatic rings. The average Bonchev–Trinajstić information content (AvgIpc) is 3.19. The summed E-state index contributed by atoms with van der Waals surface area (Å²) in [5.74, 6) is 0. The molecule has 1 aliphatic heterocycles. The predicted molar refractivity (Wildman–Crippen MR) is 76.3 cm³/mol. The molecule has 0 aromatic carbocycles. The molecule has 1 saturated carbocycles. The summed E-state index contributed by atoms with van der Waals surface area (Å²) in [6.07, 6.45) is 7.11. The van der Waals surface area contributed by atoms with Crippen LogP contribution >= 0.6 is 0 Å². The Morgan fingerprint density at radius 1 is 1.32 bits per heavy atom. The van der Waals surface area contributed by atoms with E-state index in [1.54, 1.807) is 0 Å². The van der Waals surface area contributed by atoms with E-state index in [-0.39, 0.29) is 0 Å². The van der Waals surface area contributed by atoms with Crippen LogP contribution in [0.3, 0.4) is 0 Å². The highest BCUT2D eigenvalue weighted by atomic mass is 16.5.